The highest BCUT2D eigenvalue weighted by Crippen LogP contribution is 2.30. The average Bonchev–Trinajstić information content (AvgIpc) is 2.91. The SMILES string of the molecule is Cc1cccc(Nc2ccc(OCc3ccc(-c4ccc(S(=O)(=O)N[C@@H](C(=O)O)C(C)C)c(O)c4)cc3)cc2)c1. The number of carbonyl (C=O) groups is 1. The van der Waals surface area contributed by atoms with Gasteiger partial charge in [-0.2, -0.15) is 4.72 Å². The van der Waals surface area contributed by atoms with E-state index in [1.165, 1.54) is 17.7 Å². The van der Waals surface area contributed by atoms with E-state index in [1.807, 2.05) is 73.7 Å². The Morgan fingerprint density at radius 2 is 1.55 bits per heavy atom. The first kappa shape index (κ1) is 28.7. The number of carboxylic acids is 1. The highest BCUT2D eigenvalue weighted by molar-refractivity contribution is 7.89. The van der Waals surface area contributed by atoms with Crippen LogP contribution in [0.25, 0.3) is 11.1 Å². The van der Waals surface area contributed by atoms with Gasteiger partial charge >= 0.3 is 5.97 Å². The zero-order chi connectivity index (χ0) is 28.9. The van der Waals surface area contributed by atoms with Gasteiger partial charge in [0.25, 0.3) is 0 Å². The Labute approximate surface area is 234 Å². The molecule has 0 aliphatic heterocycles. The minimum absolute atomic E-state index is 0.361. The Bertz CT molecular complexity index is 1580. The molecule has 0 aliphatic rings. The molecule has 0 fully saturated rings. The van der Waals surface area contributed by atoms with Crippen LogP contribution in [0.15, 0.2) is 95.9 Å². The average molecular weight is 561 g/mol. The van der Waals surface area contributed by atoms with Gasteiger partial charge in [-0.1, -0.05) is 56.3 Å². The Morgan fingerprint density at radius 3 is 2.15 bits per heavy atom. The van der Waals surface area contributed by atoms with Crippen molar-refractivity contribution in [2.75, 3.05) is 5.32 Å². The molecule has 8 nitrogen and oxygen atoms in total. The molecule has 0 spiro atoms. The van der Waals surface area contributed by atoms with Crippen LogP contribution in [-0.2, 0) is 21.4 Å². The third-order valence-corrected chi connectivity index (χ3v) is 7.81. The van der Waals surface area contributed by atoms with Gasteiger partial charge in [-0.3, -0.25) is 4.79 Å². The number of hydrogen-bond donors (Lipinski definition) is 4. The monoisotopic (exact) mass is 560 g/mol. The van der Waals surface area contributed by atoms with Crippen molar-refractivity contribution in [2.24, 2.45) is 5.92 Å². The zero-order valence-corrected chi connectivity index (χ0v) is 23.3. The quantitative estimate of drug-likeness (QED) is 0.175. The topological polar surface area (TPSA) is 125 Å². The summed E-state index contributed by atoms with van der Waals surface area (Å²) in [5.74, 6) is -1.50. The Balaban J connectivity index is 1.38. The largest absolute Gasteiger partial charge is 0.507 e. The Hall–Kier alpha value is -4.34. The molecule has 4 rings (SSSR count). The molecule has 0 bridgehead atoms. The number of nitrogens with one attached hydrogen (secondary N) is 2. The predicted molar refractivity (Wildman–Crippen MR) is 155 cm³/mol. The fourth-order valence-corrected chi connectivity index (χ4v) is 5.53. The second-order valence-electron chi connectivity index (χ2n) is 9.87. The molecule has 0 radical (unpaired) electrons. The maximum atomic E-state index is 12.7. The van der Waals surface area contributed by atoms with Crippen LogP contribution in [0.4, 0.5) is 11.4 Å². The number of anilines is 2. The number of phenols is 1. The molecule has 4 aromatic rings. The van der Waals surface area contributed by atoms with Crippen LogP contribution in [-0.4, -0.2) is 30.6 Å². The van der Waals surface area contributed by atoms with Crippen LogP contribution in [0.3, 0.4) is 0 Å². The summed E-state index contributed by atoms with van der Waals surface area (Å²) in [5, 5.41) is 23.1. The summed E-state index contributed by atoms with van der Waals surface area (Å²) in [6.45, 7) is 5.60. The van der Waals surface area contributed by atoms with Crippen LogP contribution in [0, 0.1) is 12.8 Å². The van der Waals surface area contributed by atoms with E-state index in [0.29, 0.717) is 12.2 Å². The summed E-state index contributed by atoms with van der Waals surface area (Å²) in [7, 11) is -4.24. The van der Waals surface area contributed by atoms with E-state index in [0.717, 1.165) is 28.3 Å². The minimum Gasteiger partial charge on any atom is -0.507 e. The molecule has 208 valence electrons. The first-order chi connectivity index (χ1) is 19.0. The molecule has 4 aromatic carbocycles. The van der Waals surface area contributed by atoms with Crippen LogP contribution in [0.1, 0.15) is 25.0 Å². The second kappa shape index (κ2) is 12.2. The van der Waals surface area contributed by atoms with Gasteiger partial charge in [-0.15, -0.1) is 0 Å². The molecule has 0 saturated carbocycles. The summed E-state index contributed by atoms with van der Waals surface area (Å²) >= 11 is 0. The fraction of sp³-hybridized carbons (Fsp3) is 0.194. The Morgan fingerprint density at radius 1 is 0.875 bits per heavy atom. The van der Waals surface area contributed by atoms with Gasteiger partial charge in [0.15, 0.2) is 0 Å². The van der Waals surface area contributed by atoms with Gasteiger partial charge in [0.1, 0.15) is 29.0 Å². The maximum absolute atomic E-state index is 12.7. The van der Waals surface area contributed by atoms with E-state index in [-0.39, 0.29) is 4.90 Å². The van der Waals surface area contributed by atoms with E-state index in [9.17, 15) is 23.4 Å². The first-order valence-electron chi connectivity index (χ1n) is 12.8. The van der Waals surface area contributed by atoms with E-state index in [4.69, 9.17) is 4.74 Å². The molecular weight excluding hydrogens is 528 g/mol. The number of ether oxygens (including phenoxy) is 1. The summed E-state index contributed by atoms with van der Waals surface area (Å²) in [5.41, 5.74) is 5.48. The van der Waals surface area contributed by atoms with Crippen LogP contribution in [0.2, 0.25) is 0 Å². The third-order valence-electron chi connectivity index (χ3n) is 6.32. The van der Waals surface area contributed by atoms with Crippen molar-refractivity contribution in [2.45, 2.75) is 38.3 Å². The van der Waals surface area contributed by atoms with E-state index >= 15 is 0 Å². The fourth-order valence-electron chi connectivity index (χ4n) is 4.11. The Kier molecular flexibility index (Phi) is 8.77. The van der Waals surface area contributed by atoms with Crippen molar-refractivity contribution in [1.29, 1.82) is 0 Å². The lowest BCUT2D eigenvalue weighted by atomic mass is 10.0. The summed E-state index contributed by atoms with van der Waals surface area (Å²) < 4.78 is 33.5. The maximum Gasteiger partial charge on any atom is 0.322 e. The van der Waals surface area contributed by atoms with Crippen molar-refractivity contribution >= 4 is 27.4 Å². The lowest BCUT2D eigenvalue weighted by Crippen LogP contribution is -2.44. The lowest BCUT2D eigenvalue weighted by molar-refractivity contribution is -0.140. The zero-order valence-electron chi connectivity index (χ0n) is 22.5. The summed E-state index contributed by atoms with van der Waals surface area (Å²) in [6.07, 6.45) is 0. The minimum atomic E-state index is -4.24. The van der Waals surface area contributed by atoms with Crippen molar-refractivity contribution in [1.82, 2.24) is 4.72 Å². The number of benzene rings is 4. The number of phenolic OH excluding ortho intramolecular Hbond substituents is 1. The van der Waals surface area contributed by atoms with Crippen molar-refractivity contribution in [3.05, 3.63) is 102 Å². The molecule has 0 heterocycles. The molecule has 0 aromatic heterocycles. The van der Waals surface area contributed by atoms with E-state index in [1.54, 1.807) is 19.9 Å². The van der Waals surface area contributed by atoms with Crippen LogP contribution >= 0.6 is 0 Å². The van der Waals surface area contributed by atoms with Gasteiger partial charge in [0, 0.05) is 11.4 Å². The highest BCUT2D eigenvalue weighted by Gasteiger charge is 2.29. The predicted octanol–water partition coefficient (Wildman–Crippen LogP) is 6.08. The number of hydrogen-bond acceptors (Lipinski definition) is 6. The molecule has 40 heavy (non-hydrogen) atoms. The van der Waals surface area contributed by atoms with Gasteiger partial charge in [-0.05, 0) is 83.6 Å². The first-order valence-corrected chi connectivity index (χ1v) is 14.2. The van der Waals surface area contributed by atoms with Crippen molar-refractivity contribution in [3.63, 3.8) is 0 Å². The van der Waals surface area contributed by atoms with Gasteiger partial charge in [0.2, 0.25) is 10.0 Å². The number of carboxylic acid groups (broad SMARTS) is 1. The molecule has 4 N–H and O–H groups in total. The molecule has 1 atom stereocenters. The van der Waals surface area contributed by atoms with Crippen LogP contribution < -0.4 is 14.8 Å². The lowest BCUT2D eigenvalue weighted by Gasteiger charge is -2.18. The van der Waals surface area contributed by atoms with E-state index in [2.05, 4.69) is 16.1 Å². The van der Waals surface area contributed by atoms with Gasteiger partial charge in [0.05, 0.1) is 0 Å². The molecule has 0 amide bonds. The third kappa shape index (κ3) is 7.19. The van der Waals surface area contributed by atoms with Gasteiger partial charge < -0.3 is 20.3 Å². The number of rotatable bonds is 11. The van der Waals surface area contributed by atoms with Crippen molar-refractivity contribution in [3.8, 4) is 22.6 Å². The normalized spacial score (nSPS) is 12.2. The van der Waals surface area contributed by atoms with Crippen LogP contribution in [0.5, 0.6) is 11.5 Å². The smallest absolute Gasteiger partial charge is 0.322 e. The van der Waals surface area contributed by atoms with Crippen molar-refractivity contribution < 1.29 is 28.2 Å². The number of aromatic hydroxyl groups is 1. The van der Waals surface area contributed by atoms with Gasteiger partial charge in [-0.25, -0.2) is 8.42 Å². The second-order valence-corrected chi connectivity index (χ2v) is 11.6. The molecular formula is C31H32N2O6S. The number of aryl methyl sites for hydroxylation is 1. The summed E-state index contributed by atoms with van der Waals surface area (Å²) in [6, 6.07) is 26.2. The van der Waals surface area contributed by atoms with E-state index < -0.39 is 33.7 Å². The molecule has 0 aliphatic carbocycles. The standard InChI is InChI=1S/C31H32N2O6S/c1-20(2)30(31(35)36)33-40(37,38)29-16-11-24(18-28(29)34)23-9-7-22(8-10-23)19-39-27-14-12-25(13-15-27)32-26-6-4-5-21(3)17-26/h4-18,20,30,32-34H,19H2,1-3H3,(H,35,36)/t30-/m1/s1. The number of sulfonamides is 1. The highest BCUT2D eigenvalue weighted by atomic mass is 32.2. The molecule has 0 unspecified atom stereocenters. The number of aliphatic carboxylic acids is 1. The molecule has 9 heteroatoms. The summed E-state index contributed by atoms with van der Waals surface area (Å²) in [4.78, 5) is 11.0. The molecule has 0 saturated heterocycles.